The zero-order valence-corrected chi connectivity index (χ0v) is 18.3. The lowest BCUT2D eigenvalue weighted by Gasteiger charge is -2.33. The van der Waals surface area contributed by atoms with Crippen LogP contribution in [0.1, 0.15) is 50.3 Å². The summed E-state index contributed by atoms with van der Waals surface area (Å²) in [6.45, 7) is 7.97. The van der Waals surface area contributed by atoms with E-state index in [4.69, 9.17) is 0 Å². The number of amides is 1. The van der Waals surface area contributed by atoms with Gasteiger partial charge < -0.3 is 15.1 Å². The van der Waals surface area contributed by atoms with Crippen LogP contribution in [-0.4, -0.2) is 60.0 Å². The van der Waals surface area contributed by atoms with Gasteiger partial charge in [0.1, 0.15) is 17.0 Å². The molecule has 1 N–H and O–H groups in total. The number of nitrogens with one attached hydrogen (secondary N) is 1. The van der Waals surface area contributed by atoms with Gasteiger partial charge in [-0.15, -0.1) is 11.3 Å². The molecule has 2 aliphatic rings. The fourth-order valence-corrected chi connectivity index (χ4v) is 5.47. The molecule has 0 spiro atoms. The predicted molar refractivity (Wildman–Crippen MR) is 120 cm³/mol. The summed E-state index contributed by atoms with van der Waals surface area (Å²) in [5, 5.41) is 4.34. The Kier molecular flexibility index (Phi) is 6.98. The SMILES string of the molecule is CCc1cc2c(N3CCC[C@@H](C(=O)NCCN4CCCCCC4)C3)ncnc2s1. The second kappa shape index (κ2) is 9.85. The molecular weight excluding hydrogens is 382 g/mol. The maximum atomic E-state index is 12.8. The number of thiophene rings is 1. The molecule has 2 fully saturated rings. The van der Waals surface area contributed by atoms with E-state index in [0.29, 0.717) is 0 Å². The molecule has 29 heavy (non-hydrogen) atoms. The van der Waals surface area contributed by atoms with Gasteiger partial charge in [-0.05, 0) is 51.3 Å². The van der Waals surface area contributed by atoms with E-state index < -0.39 is 0 Å². The van der Waals surface area contributed by atoms with E-state index in [1.54, 1.807) is 17.7 Å². The number of likely N-dealkylation sites (tertiary alicyclic amines) is 1. The van der Waals surface area contributed by atoms with Gasteiger partial charge in [0.05, 0.1) is 11.3 Å². The number of aryl methyl sites for hydroxylation is 1. The average molecular weight is 416 g/mol. The number of rotatable bonds is 6. The molecule has 2 aromatic heterocycles. The van der Waals surface area contributed by atoms with Crippen LogP contribution in [0.25, 0.3) is 10.2 Å². The van der Waals surface area contributed by atoms with Crippen molar-refractivity contribution in [3.05, 3.63) is 17.3 Å². The van der Waals surface area contributed by atoms with E-state index in [1.807, 2.05) is 0 Å². The molecular formula is C22H33N5OS. The first kappa shape index (κ1) is 20.5. The van der Waals surface area contributed by atoms with Gasteiger partial charge in [-0.1, -0.05) is 19.8 Å². The Bertz CT molecular complexity index is 815. The molecule has 0 saturated carbocycles. The molecule has 158 valence electrons. The zero-order valence-electron chi connectivity index (χ0n) is 17.5. The summed E-state index contributed by atoms with van der Waals surface area (Å²) < 4.78 is 0. The van der Waals surface area contributed by atoms with E-state index in [0.717, 1.165) is 61.5 Å². The predicted octanol–water partition coefficient (Wildman–Crippen LogP) is 3.46. The van der Waals surface area contributed by atoms with Crippen LogP contribution < -0.4 is 10.2 Å². The molecule has 0 unspecified atom stereocenters. The van der Waals surface area contributed by atoms with Crippen molar-refractivity contribution in [2.24, 2.45) is 5.92 Å². The number of piperidine rings is 1. The number of anilines is 1. The van der Waals surface area contributed by atoms with Crippen molar-refractivity contribution in [2.75, 3.05) is 44.2 Å². The molecule has 6 nitrogen and oxygen atoms in total. The number of carbonyl (C=O) groups excluding carboxylic acids is 1. The van der Waals surface area contributed by atoms with Gasteiger partial charge in [0.25, 0.3) is 0 Å². The standard InChI is InChI=1S/C22H33N5OS/c1-2-18-14-19-20(24-16-25-22(19)29-18)27-12-7-8-17(15-27)21(28)23-9-13-26-10-5-3-4-6-11-26/h14,16-17H,2-13,15H2,1H3,(H,23,28)/t17-/m1/s1. The minimum Gasteiger partial charge on any atom is -0.355 e. The third kappa shape index (κ3) is 5.07. The van der Waals surface area contributed by atoms with Gasteiger partial charge in [0, 0.05) is 31.1 Å². The molecule has 1 amide bonds. The fraction of sp³-hybridized carbons (Fsp3) is 0.682. The molecule has 2 aliphatic heterocycles. The van der Waals surface area contributed by atoms with Crippen LogP contribution in [-0.2, 0) is 11.2 Å². The number of hydrogen-bond acceptors (Lipinski definition) is 6. The molecule has 0 aromatic carbocycles. The third-order valence-corrected chi connectivity index (χ3v) is 7.41. The van der Waals surface area contributed by atoms with Gasteiger partial charge in [0.2, 0.25) is 5.91 Å². The maximum Gasteiger partial charge on any atom is 0.224 e. The summed E-state index contributed by atoms with van der Waals surface area (Å²) >= 11 is 1.75. The number of hydrogen-bond donors (Lipinski definition) is 1. The Balaban J connectivity index is 1.34. The molecule has 0 aliphatic carbocycles. The summed E-state index contributed by atoms with van der Waals surface area (Å²) in [7, 11) is 0. The van der Waals surface area contributed by atoms with Gasteiger partial charge >= 0.3 is 0 Å². The highest BCUT2D eigenvalue weighted by Gasteiger charge is 2.27. The first-order valence-electron chi connectivity index (χ1n) is 11.2. The third-order valence-electron chi connectivity index (χ3n) is 6.23. The van der Waals surface area contributed by atoms with Gasteiger partial charge in [0.15, 0.2) is 0 Å². The Morgan fingerprint density at radius 3 is 2.79 bits per heavy atom. The zero-order chi connectivity index (χ0) is 20.1. The van der Waals surface area contributed by atoms with Gasteiger partial charge in [-0.2, -0.15) is 0 Å². The van der Waals surface area contributed by atoms with E-state index in [-0.39, 0.29) is 11.8 Å². The van der Waals surface area contributed by atoms with Crippen molar-refractivity contribution >= 4 is 33.3 Å². The molecule has 4 heterocycles. The first-order chi connectivity index (χ1) is 14.2. The fourth-order valence-electron chi connectivity index (χ4n) is 4.54. The summed E-state index contributed by atoms with van der Waals surface area (Å²) in [6.07, 6.45) is 9.95. The summed E-state index contributed by atoms with van der Waals surface area (Å²) in [5.41, 5.74) is 0. The normalized spacial score (nSPS) is 21.3. The van der Waals surface area contributed by atoms with Crippen LogP contribution in [0, 0.1) is 5.92 Å². The number of nitrogens with zero attached hydrogens (tertiary/aromatic N) is 4. The van der Waals surface area contributed by atoms with Crippen LogP contribution in [0.5, 0.6) is 0 Å². The Morgan fingerprint density at radius 1 is 1.17 bits per heavy atom. The molecule has 4 rings (SSSR count). The van der Waals surface area contributed by atoms with Crippen LogP contribution in [0.2, 0.25) is 0 Å². The minimum atomic E-state index is 0.0437. The largest absolute Gasteiger partial charge is 0.355 e. The quantitative estimate of drug-likeness (QED) is 0.783. The lowest BCUT2D eigenvalue weighted by atomic mass is 9.97. The number of fused-ring (bicyclic) bond motifs is 1. The highest BCUT2D eigenvalue weighted by Crippen LogP contribution is 2.32. The van der Waals surface area contributed by atoms with Crippen molar-refractivity contribution in [1.29, 1.82) is 0 Å². The van der Waals surface area contributed by atoms with E-state index in [1.165, 1.54) is 43.6 Å². The lowest BCUT2D eigenvalue weighted by molar-refractivity contribution is -0.125. The van der Waals surface area contributed by atoms with Crippen molar-refractivity contribution in [3.8, 4) is 0 Å². The highest BCUT2D eigenvalue weighted by atomic mass is 32.1. The van der Waals surface area contributed by atoms with Crippen molar-refractivity contribution in [1.82, 2.24) is 20.2 Å². The first-order valence-corrected chi connectivity index (χ1v) is 12.0. The van der Waals surface area contributed by atoms with Crippen molar-refractivity contribution in [2.45, 2.75) is 51.9 Å². The van der Waals surface area contributed by atoms with Crippen molar-refractivity contribution < 1.29 is 4.79 Å². The van der Waals surface area contributed by atoms with Crippen LogP contribution in [0.4, 0.5) is 5.82 Å². The van der Waals surface area contributed by atoms with E-state index in [9.17, 15) is 4.79 Å². The summed E-state index contributed by atoms with van der Waals surface area (Å²) in [5.74, 6) is 1.24. The monoisotopic (exact) mass is 415 g/mol. The number of carbonyl (C=O) groups is 1. The Morgan fingerprint density at radius 2 is 2.00 bits per heavy atom. The minimum absolute atomic E-state index is 0.0437. The molecule has 0 bridgehead atoms. The van der Waals surface area contributed by atoms with Crippen LogP contribution in [0.3, 0.4) is 0 Å². The average Bonchev–Trinajstić information content (AvgIpc) is 3.02. The van der Waals surface area contributed by atoms with Gasteiger partial charge in [-0.3, -0.25) is 4.79 Å². The molecule has 7 heteroatoms. The Labute approximate surface area is 177 Å². The van der Waals surface area contributed by atoms with E-state index in [2.05, 4.69) is 38.1 Å². The Hall–Kier alpha value is -1.73. The smallest absolute Gasteiger partial charge is 0.224 e. The second-order valence-corrected chi connectivity index (χ2v) is 9.43. The maximum absolute atomic E-state index is 12.8. The molecule has 1 atom stereocenters. The second-order valence-electron chi connectivity index (χ2n) is 8.31. The highest BCUT2D eigenvalue weighted by molar-refractivity contribution is 7.18. The molecule has 2 aromatic rings. The topological polar surface area (TPSA) is 61.4 Å². The van der Waals surface area contributed by atoms with Gasteiger partial charge in [-0.25, -0.2) is 9.97 Å². The van der Waals surface area contributed by atoms with E-state index >= 15 is 0 Å². The lowest BCUT2D eigenvalue weighted by Crippen LogP contribution is -2.45. The van der Waals surface area contributed by atoms with Crippen LogP contribution >= 0.6 is 11.3 Å². The summed E-state index contributed by atoms with van der Waals surface area (Å²) in [4.78, 5) is 29.0. The van der Waals surface area contributed by atoms with Crippen molar-refractivity contribution in [3.63, 3.8) is 0 Å². The summed E-state index contributed by atoms with van der Waals surface area (Å²) in [6, 6.07) is 2.22. The number of aromatic nitrogens is 2. The van der Waals surface area contributed by atoms with Crippen LogP contribution in [0.15, 0.2) is 12.4 Å². The molecule has 0 radical (unpaired) electrons. The molecule has 2 saturated heterocycles.